The Balaban J connectivity index is 2.48. The van der Waals surface area contributed by atoms with Crippen molar-refractivity contribution in [3.05, 3.63) is 23.5 Å². The highest BCUT2D eigenvalue weighted by Crippen LogP contribution is 2.31. The number of nitrogens with one attached hydrogen (secondary N) is 1. The first-order valence-corrected chi connectivity index (χ1v) is 3.13. The van der Waals surface area contributed by atoms with E-state index in [1.165, 1.54) is 0 Å². The first-order chi connectivity index (χ1) is 4.79. The van der Waals surface area contributed by atoms with Crippen LogP contribution in [0.5, 0.6) is 0 Å². The van der Waals surface area contributed by atoms with Crippen molar-refractivity contribution in [3.63, 3.8) is 0 Å². The second kappa shape index (κ2) is 1.82. The fourth-order valence-corrected chi connectivity index (χ4v) is 1.19. The van der Waals surface area contributed by atoms with E-state index < -0.39 is 0 Å². The molecule has 1 aromatic rings. The molecule has 4 heteroatoms. The van der Waals surface area contributed by atoms with Crippen LogP contribution in [-0.4, -0.2) is 4.98 Å². The molecule has 2 heterocycles. The highest BCUT2D eigenvalue weighted by molar-refractivity contribution is 5.27. The molecule has 2 rings (SSSR count). The molecule has 0 radical (unpaired) electrons. The summed E-state index contributed by atoms with van der Waals surface area (Å²) in [6.07, 6.45) is 1.09. The van der Waals surface area contributed by atoms with Gasteiger partial charge in [0.2, 0.25) is 0 Å². The zero-order chi connectivity index (χ0) is 7.14. The maximum Gasteiger partial charge on any atom is 0.149 e. The minimum absolute atomic E-state index is 0.351. The van der Waals surface area contributed by atoms with E-state index in [4.69, 9.17) is 16.2 Å². The average molecular weight is 139 g/mol. The molecule has 10 heavy (non-hydrogen) atoms. The van der Waals surface area contributed by atoms with Gasteiger partial charge in [0.1, 0.15) is 12.5 Å². The molecule has 2 atom stereocenters. The fraction of sp³-hybridized carbons (Fsp3) is 0.333. The van der Waals surface area contributed by atoms with Gasteiger partial charge in [-0.3, -0.25) is 0 Å². The highest BCUT2D eigenvalue weighted by Gasteiger charge is 2.27. The van der Waals surface area contributed by atoms with Gasteiger partial charge >= 0.3 is 0 Å². The normalized spacial score (nSPS) is 30.6. The predicted octanol–water partition coefficient (Wildman–Crippen LogP) is -0.0405. The zero-order valence-corrected chi connectivity index (χ0v) is 5.37. The Bertz CT molecular complexity index is 222. The van der Waals surface area contributed by atoms with Gasteiger partial charge in [0.05, 0.1) is 5.69 Å². The number of H-pyrrole nitrogens is 1. The van der Waals surface area contributed by atoms with Gasteiger partial charge in [-0.25, -0.2) is 0 Å². The Hall–Kier alpha value is -0.840. The summed E-state index contributed by atoms with van der Waals surface area (Å²) >= 11 is 0. The van der Waals surface area contributed by atoms with Gasteiger partial charge in [0.15, 0.2) is 0 Å². The molecule has 54 valence electrons. The molecule has 5 N–H and O–H groups in total. The maximum absolute atomic E-state index is 5.56. The summed E-state index contributed by atoms with van der Waals surface area (Å²) in [5.41, 5.74) is 13.0. The van der Waals surface area contributed by atoms with E-state index >= 15 is 0 Å². The minimum atomic E-state index is -0.375. The Morgan fingerprint density at radius 3 is 2.90 bits per heavy atom. The average Bonchev–Trinajstić information content (AvgIpc) is 2.39. The smallest absolute Gasteiger partial charge is 0.149 e. The van der Waals surface area contributed by atoms with E-state index in [9.17, 15) is 0 Å². The van der Waals surface area contributed by atoms with Crippen molar-refractivity contribution in [1.82, 2.24) is 4.98 Å². The summed E-state index contributed by atoms with van der Waals surface area (Å²) in [6.45, 7) is 0. The molecule has 2 unspecified atom stereocenters. The Morgan fingerprint density at radius 2 is 2.20 bits per heavy atom. The summed E-state index contributed by atoms with van der Waals surface area (Å²) in [5, 5.41) is 0. The quantitative estimate of drug-likeness (QED) is 0.472. The molecule has 1 aliphatic heterocycles. The maximum atomic E-state index is 5.56. The van der Waals surface area contributed by atoms with Gasteiger partial charge in [-0.15, -0.1) is 0 Å². The second-order valence-corrected chi connectivity index (χ2v) is 2.32. The van der Waals surface area contributed by atoms with Crippen LogP contribution in [0, 0.1) is 0 Å². The first kappa shape index (κ1) is 5.91. The third kappa shape index (κ3) is 0.607. The Kier molecular flexibility index (Phi) is 1.08. The summed E-state index contributed by atoms with van der Waals surface area (Å²) in [4.78, 5) is 2.97. The lowest BCUT2D eigenvalue weighted by Crippen LogP contribution is -2.13. The zero-order valence-electron chi connectivity index (χ0n) is 5.37. The number of aromatic nitrogens is 1. The van der Waals surface area contributed by atoms with Gasteiger partial charge < -0.3 is 21.2 Å². The number of fused-ring (bicyclic) bond motifs is 1. The van der Waals surface area contributed by atoms with Gasteiger partial charge in [-0.1, -0.05) is 0 Å². The van der Waals surface area contributed by atoms with Gasteiger partial charge in [-0.05, 0) is 6.07 Å². The lowest BCUT2D eigenvalue weighted by molar-refractivity contribution is 0.0171. The van der Waals surface area contributed by atoms with Crippen LogP contribution < -0.4 is 11.5 Å². The van der Waals surface area contributed by atoms with Crippen LogP contribution in [0.3, 0.4) is 0 Å². The molecule has 1 aromatic heterocycles. The third-order valence-corrected chi connectivity index (χ3v) is 1.70. The third-order valence-electron chi connectivity index (χ3n) is 1.70. The molecular formula is C6H9N3O. The predicted molar refractivity (Wildman–Crippen MR) is 35.7 cm³/mol. The summed E-state index contributed by atoms with van der Waals surface area (Å²) in [7, 11) is 0. The van der Waals surface area contributed by atoms with Crippen molar-refractivity contribution in [2.75, 3.05) is 0 Å². The number of hydrogen-bond acceptors (Lipinski definition) is 3. The Morgan fingerprint density at radius 1 is 1.40 bits per heavy atom. The van der Waals surface area contributed by atoms with E-state index in [0.717, 1.165) is 11.3 Å². The van der Waals surface area contributed by atoms with E-state index in [2.05, 4.69) is 4.98 Å². The largest absolute Gasteiger partial charge is 0.361 e. The number of hydrogen-bond donors (Lipinski definition) is 3. The summed E-state index contributed by atoms with van der Waals surface area (Å²) in [5.74, 6) is 0. The number of nitrogens with two attached hydrogens (primary N) is 2. The van der Waals surface area contributed by atoms with Crippen LogP contribution in [0.2, 0.25) is 0 Å². The molecule has 0 saturated heterocycles. The van der Waals surface area contributed by atoms with Crippen molar-refractivity contribution in [3.8, 4) is 0 Å². The molecule has 0 bridgehead atoms. The second-order valence-electron chi connectivity index (χ2n) is 2.32. The molecule has 0 aliphatic carbocycles. The number of aromatic amines is 1. The highest BCUT2D eigenvalue weighted by atomic mass is 16.5. The lowest BCUT2D eigenvalue weighted by atomic mass is 10.2. The molecule has 1 aliphatic rings. The van der Waals surface area contributed by atoms with Crippen LogP contribution >= 0.6 is 0 Å². The van der Waals surface area contributed by atoms with Crippen molar-refractivity contribution in [2.45, 2.75) is 12.5 Å². The fourth-order valence-electron chi connectivity index (χ4n) is 1.19. The molecule has 0 fully saturated rings. The van der Waals surface area contributed by atoms with Crippen LogP contribution in [-0.2, 0) is 4.74 Å². The van der Waals surface area contributed by atoms with Crippen molar-refractivity contribution >= 4 is 0 Å². The standard InChI is InChI=1S/C6H9N3O/c7-5-3-1-2-9-4(3)6(8)10-5/h1-2,5-6,9H,7-8H2. The van der Waals surface area contributed by atoms with Crippen LogP contribution in [0.1, 0.15) is 23.7 Å². The van der Waals surface area contributed by atoms with E-state index in [1.54, 1.807) is 0 Å². The molecule has 0 aromatic carbocycles. The molecular weight excluding hydrogens is 130 g/mol. The number of rotatable bonds is 0. The van der Waals surface area contributed by atoms with Crippen molar-refractivity contribution in [1.29, 1.82) is 0 Å². The van der Waals surface area contributed by atoms with Crippen LogP contribution in [0.25, 0.3) is 0 Å². The Labute approximate surface area is 58.2 Å². The summed E-state index contributed by atoms with van der Waals surface area (Å²) in [6, 6.07) is 1.88. The van der Waals surface area contributed by atoms with E-state index in [-0.39, 0.29) is 12.5 Å². The SMILES string of the molecule is NC1OC(N)c2[nH]ccc21. The van der Waals surface area contributed by atoms with Gasteiger partial charge in [-0.2, -0.15) is 0 Å². The molecule has 4 nitrogen and oxygen atoms in total. The monoisotopic (exact) mass is 139 g/mol. The van der Waals surface area contributed by atoms with Gasteiger partial charge in [0.25, 0.3) is 0 Å². The molecule has 0 amide bonds. The number of ether oxygens (including phenoxy) is 1. The van der Waals surface area contributed by atoms with Crippen molar-refractivity contribution < 1.29 is 4.74 Å². The van der Waals surface area contributed by atoms with Gasteiger partial charge in [0, 0.05) is 11.8 Å². The van der Waals surface area contributed by atoms with E-state index in [1.807, 2.05) is 12.3 Å². The van der Waals surface area contributed by atoms with E-state index in [0.29, 0.717) is 0 Å². The lowest BCUT2D eigenvalue weighted by Gasteiger charge is -2.04. The first-order valence-electron chi connectivity index (χ1n) is 3.13. The minimum Gasteiger partial charge on any atom is -0.361 e. The van der Waals surface area contributed by atoms with Crippen molar-refractivity contribution in [2.24, 2.45) is 11.5 Å². The summed E-state index contributed by atoms with van der Waals surface area (Å²) < 4.78 is 5.10. The van der Waals surface area contributed by atoms with Crippen LogP contribution in [0.4, 0.5) is 0 Å². The topological polar surface area (TPSA) is 77.1 Å². The molecule has 0 spiro atoms. The van der Waals surface area contributed by atoms with Crippen LogP contribution in [0.15, 0.2) is 12.3 Å². The molecule has 0 saturated carbocycles.